The van der Waals surface area contributed by atoms with Crippen molar-refractivity contribution in [3.8, 4) is 11.5 Å². The van der Waals surface area contributed by atoms with Crippen molar-refractivity contribution < 1.29 is 33.4 Å². The molecule has 0 radical (unpaired) electrons. The Labute approximate surface area is 169 Å². The first-order valence-corrected chi connectivity index (χ1v) is 10.9. The SMILES string of the molecule is COc1cc(C(=O)CP(=O)(O)O)ccc1OC(C(N)=O)c1nc2ccccc2s1. The van der Waals surface area contributed by atoms with Crippen LogP contribution in [0.1, 0.15) is 21.5 Å². The molecular formula is C18H17N2O7PS. The molecule has 1 heterocycles. The summed E-state index contributed by atoms with van der Waals surface area (Å²) < 4.78 is 22.8. The van der Waals surface area contributed by atoms with E-state index in [0.717, 1.165) is 4.70 Å². The summed E-state index contributed by atoms with van der Waals surface area (Å²) in [5.41, 5.74) is 6.24. The van der Waals surface area contributed by atoms with Gasteiger partial charge in [0.1, 0.15) is 11.2 Å². The van der Waals surface area contributed by atoms with Crippen LogP contribution in [-0.2, 0) is 9.36 Å². The van der Waals surface area contributed by atoms with Crippen LogP contribution >= 0.6 is 18.9 Å². The zero-order chi connectivity index (χ0) is 21.2. The minimum atomic E-state index is -4.50. The molecule has 0 fully saturated rings. The number of ether oxygens (including phenoxy) is 2. The standard InChI is InChI=1S/C18H17N2O7PS/c1-26-14-8-10(12(21)9-28(23,24)25)6-7-13(14)27-16(17(19)22)18-20-11-4-2-3-5-15(11)29-18/h2-8,16H,9H2,1H3,(H2,19,22)(H2,23,24,25). The van der Waals surface area contributed by atoms with Crippen molar-refractivity contribution >= 4 is 40.8 Å². The largest absolute Gasteiger partial charge is 0.493 e. The maximum atomic E-state index is 12.0. The molecule has 11 heteroatoms. The molecule has 2 aromatic carbocycles. The highest BCUT2D eigenvalue weighted by molar-refractivity contribution is 7.52. The zero-order valence-corrected chi connectivity index (χ0v) is 16.9. The quantitative estimate of drug-likeness (QED) is 0.360. The van der Waals surface area contributed by atoms with Gasteiger partial charge in [-0.2, -0.15) is 0 Å². The molecule has 0 bridgehead atoms. The van der Waals surface area contributed by atoms with Crippen LogP contribution in [0.5, 0.6) is 11.5 Å². The normalized spacial score (nSPS) is 12.5. The van der Waals surface area contributed by atoms with Crippen LogP contribution in [0, 0.1) is 0 Å². The fourth-order valence-corrected chi connectivity index (χ4v) is 4.14. The molecule has 0 saturated carbocycles. The lowest BCUT2D eigenvalue weighted by Gasteiger charge is -2.16. The summed E-state index contributed by atoms with van der Waals surface area (Å²) >= 11 is 1.26. The highest BCUT2D eigenvalue weighted by atomic mass is 32.1. The van der Waals surface area contributed by atoms with Gasteiger partial charge in [-0.25, -0.2) is 4.98 Å². The predicted octanol–water partition coefficient (Wildman–Crippen LogP) is 2.27. The second-order valence-corrected chi connectivity index (χ2v) is 8.74. The van der Waals surface area contributed by atoms with Crippen molar-refractivity contribution in [2.24, 2.45) is 5.73 Å². The Balaban J connectivity index is 1.91. The summed E-state index contributed by atoms with van der Waals surface area (Å²) in [6.07, 6.45) is -2.11. The number of hydrogen-bond acceptors (Lipinski definition) is 7. The average Bonchev–Trinajstić information content (AvgIpc) is 3.08. The van der Waals surface area contributed by atoms with Crippen LogP contribution in [0.2, 0.25) is 0 Å². The van der Waals surface area contributed by atoms with Gasteiger partial charge in [-0.15, -0.1) is 11.3 Å². The number of carbonyl (C=O) groups excluding carboxylic acids is 2. The number of amides is 1. The van der Waals surface area contributed by atoms with Gasteiger partial charge in [0.25, 0.3) is 5.91 Å². The number of Topliss-reactive ketones (excluding diaryl/α,β-unsaturated/α-hetero) is 1. The number of ketones is 1. The number of para-hydroxylation sites is 1. The zero-order valence-electron chi connectivity index (χ0n) is 15.1. The molecule has 0 saturated heterocycles. The van der Waals surface area contributed by atoms with Gasteiger partial charge in [0.2, 0.25) is 6.10 Å². The Bertz CT molecular complexity index is 1090. The van der Waals surface area contributed by atoms with Gasteiger partial charge in [0, 0.05) is 5.56 Å². The van der Waals surface area contributed by atoms with Crippen molar-refractivity contribution in [3.63, 3.8) is 0 Å². The lowest BCUT2D eigenvalue weighted by Crippen LogP contribution is -2.26. The number of fused-ring (bicyclic) bond motifs is 1. The molecule has 9 nitrogen and oxygen atoms in total. The van der Waals surface area contributed by atoms with Gasteiger partial charge < -0.3 is 25.0 Å². The molecule has 0 aliphatic rings. The fraction of sp³-hybridized carbons (Fsp3) is 0.167. The molecule has 29 heavy (non-hydrogen) atoms. The number of nitrogens with zero attached hydrogens (tertiary/aromatic N) is 1. The number of primary amides is 1. The number of nitrogens with two attached hydrogens (primary N) is 1. The highest BCUT2D eigenvalue weighted by Crippen LogP contribution is 2.37. The van der Waals surface area contributed by atoms with Gasteiger partial charge in [-0.05, 0) is 30.3 Å². The molecule has 3 rings (SSSR count). The number of methoxy groups -OCH3 is 1. The second kappa shape index (κ2) is 8.30. The average molecular weight is 436 g/mol. The highest BCUT2D eigenvalue weighted by Gasteiger charge is 2.26. The Hall–Kier alpha value is -2.78. The Morgan fingerprint density at radius 3 is 2.55 bits per heavy atom. The minimum absolute atomic E-state index is 0.0353. The molecule has 0 aliphatic heterocycles. The van der Waals surface area contributed by atoms with Crippen molar-refractivity contribution in [1.82, 2.24) is 4.98 Å². The number of benzene rings is 2. The molecule has 1 aromatic heterocycles. The monoisotopic (exact) mass is 436 g/mol. The lowest BCUT2D eigenvalue weighted by atomic mass is 10.1. The van der Waals surface area contributed by atoms with E-state index in [1.165, 1.54) is 36.6 Å². The number of thiazole rings is 1. The molecule has 4 N–H and O–H groups in total. The van der Waals surface area contributed by atoms with E-state index in [-0.39, 0.29) is 17.1 Å². The first-order chi connectivity index (χ1) is 13.7. The molecular weight excluding hydrogens is 419 g/mol. The molecule has 1 atom stereocenters. The van der Waals surface area contributed by atoms with Gasteiger partial charge in [-0.1, -0.05) is 12.1 Å². The van der Waals surface area contributed by atoms with Crippen LogP contribution in [-0.4, -0.2) is 39.7 Å². The summed E-state index contributed by atoms with van der Waals surface area (Å²) in [4.78, 5) is 46.3. The molecule has 0 spiro atoms. The first-order valence-electron chi connectivity index (χ1n) is 8.25. The van der Waals surface area contributed by atoms with Gasteiger partial charge in [-0.3, -0.25) is 14.2 Å². The van der Waals surface area contributed by atoms with E-state index in [2.05, 4.69) is 4.98 Å². The third-order valence-corrected chi connectivity index (χ3v) is 5.65. The summed E-state index contributed by atoms with van der Waals surface area (Å²) in [5, 5.41) is 0.363. The number of aromatic nitrogens is 1. The number of carbonyl (C=O) groups is 2. The molecule has 152 valence electrons. The van der Waals surface area contributed by atoms with Crippen LogP contribution in [0.3, 0.4) is 0 Å². The third-order valence-electron chi connectivity index (χ3n) is 3.87. The molecule has 3 aromatic rings. The van der Waals surface area contributed by atoms with Crippen molar-refractivity contribution in [2.75, 3.05) is 13.3 Å². The van der Waals surface area contributed by atoms with E-state index in [4.69, 9.17) is 25.0 Å². The van der Waals surface area contributed by atoms with Crippen LogP contribution in [0.15, 0.2) is 42.5 Å². The lowest BCUT2D eigenvalue weighted by molar-refractivity contribution is -0.125. The summed E-state index contributed by atoms with van der Waals surface area (Å²) in [6, 6.07) is 11.3. The van der Waals surface area contributed by atoms with Crippen molar-refractivity contribution in [2.45, 2.75) is 6.10 Å². The van der Waals surface area contributed by atoms with Crippen molar-refractivity contribution in [1.29, 1.82) is 0 Å². The summed E-state index contributed by atoms with van der Waals surface area (Å²) in [5.74, 6) is -1.27. The predicted molar refractivity (Wildman–Crippen MR) is 106 cm³/mol. The van der Waals surface area contributed by atoms with Crippen LogP contribution < -0.4 is 15.2 Å². The summed E-state index contributed by atoms with van der Waals surface area (Å²) in [7, 11) is -3.17. The van der Waals surface area contributed by atoms with E-state index in [1.807, 2.05) is 18.2 Å². The maximum absolute atomic E-state index is 12.0. The third kappa shape index (κ3) is 4.99. The van der Waals surface area contributed by atoms with E-state index < -0.39 is 31.6 Å². The van der Waals surface area contributed by atoms with E-state index >= 15 is 0 Å². The first kappa shape index (κ1) is 20.9. The Morgan fingerprint density at radius 1 is 1.21 bits per heavy atom. The van der Waals surface area contributed by atoms with Gasteiger partial charge >= 0.3 is 7.60 Å². The fourth-order valence-electron chi connectivity index (χ4n) is 2.58. The van der Waals surface area contributed by atoms with Crippen LogP contribution in [0.4, 0.5) is 0 Å². The van der Waals surface area contributed by atoms with Gasteiger partial charge in [0.05, 0.1) is 17.3 Å². The van der Waals surface area contributed by atoms with Crippen molar-refractivity contribution in [3.05, 3.63) is 53.0 Å². The van der Waals surface area contributed by atoms with E-state index in [9.17, 15) is 14.2 Å². The molecule has 1 unspecified atom stereocenters. The van der Waals surface area contributed by atoms with E-state index in [0.29, 0.717) is 10.5 Å². The minimum Gasteiger partial charge on any atom is -0.493 e. The van der Waals surface area contributed by atoms with Gasteiger partial charge in [0.15, 0.2) is 17.3 Å². The summed E-state index contributed by atoms with van der Waals surface area (Å²) in [6.45, 7) is 0. The second-order valence-electron chi connectivity index (χ2n) is 6.03. The maximum Gasteiger partial charge on any atom is 0.333 e. The Kier molecular flexibility index (Phi) is 5.99. The van der Waals surface area contributed by atoms with E-state index in [1.54, 1.807) is 6.07 Å². The smallest absolute Gasteiger partial charge is 0.333 e. The Morgan fingerprint density at radius 2 is 1.93 bits per heavy atom. The van der Waals surface area contributed by atoms with Crippen LogP contribution in [0.25, 0.3) is 10.2 Å². The molecule has 0 aliphatic carbocycles. The topological polar surface area (TPSA) is 149 Å². The number of rotatable bonds is 8. The number of hydrogen-bond donors (Lipinski definition) is 3. The molecule has 1 amide bonds.